The lowest BCUT2D eigenvalue weighted by atomic mass is 10.1. The summed E-state index contributed by atoms with van der Waals surface area (Å²) >= 11 is 0. The second-order valence-electron chi connectivity index (χ2n) is 5.91. The Morgan fingerprint density at radius 1 is 1.36 bits per heavy atom. The lowest BCUT2D eigenvalue weighted by Crippen LogP contribution is -2.23. The first-order valence-electron chi connectivity index (χ1n) is 7.82. The SMILES string of the molecule is C[C@H](N)c1ccc(CNC(=O)c2cn3c(n2)CCCC3)cc1. The van der Waals surface area contributed by atoms with Gasteiger partial charge in [-0.1, -0.05) is 24.3 Å². The summed E-state index contributed by atoms with van der Waals surface area (Å²) in [6.07, 6.45) is 5.15. The smallest absolute Gasteiger partial charge is 0.271 e. The molecule has 0 bridgehead atoms. The van der Waals surface area contributed by atoms with Gasteiger partial charge in [0.15, 0.2) is 0 Å². The van der Waals surface area contributed by atoms with E-state index in [2.05, 4.69) is 14.9 Å². The molecule has 1 aliphatic heterocycles. The zero-order valence-corrected chi connectivity index (χ0v) is 12.9. The van der Waals surface area contributed by atoms with E-state index >= 15 is 0 Å². The highest BCUT2D eigenvalue weighted by Crippen LogP contribution is 2.15. The van der Waals surface area contributed by atoms with E-state index in [1.54, 1.807) is 0 Å². The molecule has 0 fully saturated rings. The first-order chi connectivity index (χ1) is 10.6. The maximum atomic E-state index is 12.2. The normalized spacial score (nSPS) is 15.2. The van der Waals surface area contributed by atoms with Gasteiger partial charge in [0.25, 0.3) is 5.91 Å². The number of nitrogens with two attached hydrogens (primary N) is 1. The van der Waals surface area contributed by atoms with E-state index in [9.17, 15) is 4.79 Å². The Labute approximate surface area is 130 Å². The predicted octanol–water partition coefficient (Wildman–Crippen LogP) is 2.17. The van der Waals surface area contributed by atoms with Gasteiger partial charge in [-0.15, -0.1) is 0 Å². The van der Waals surface area contributed by atoms with Crippen LogP contribution >= 0.6 is 0 Å². The fourth-order valence-electron chi connectivity index (χ4n) is 2.73. The van der Waals surface area contributed by atoms with E-state index in [0.29, 0.717) is 12.2 Å². The number of aromatic nitrogens is 2. The monoisotopic (exact) mass is 298 g/mol. The lowest BCUT2D eigenvalue weighted by molar-refractivity contribution is 0.0946. The largest absolute Gasteiger partial charge is 0.347 e. The maximum Gasteiger partial charge on any atom is 0.271 e. The number of hydrogen-bond donors (Lipinski definition) is 2. The van der Waals surface area contributed by atoms with Gasteiger partial charge in [-0.25, -0.2) is 4.98 Å². The quantitative estimate of drug-likeness (QED) is 0.908. The standard InChI is InChI=1S/C17H22N4O/c1-12(18)14-7-5-13(6-8-14)10-19-17(22)15-11-21-9-3-2-4-16(21)20-15/h5-8,11-12H,2-4,9-10,18H2,1H3,(H,19,22)/t12-/m0/s1. The molecular weight excluding hydrogens is 276 g/mol. The average Bonchev–Trinajstić information content (AvgIpc) is 2.97. The number of hydrogen-bond acceptors (Lipinski definition) is 3. The fourth-order valence-corrected chi connectivity index (χ4v) is 2.73. The first kappa shape index (κ1) is 14.8. The topological polar surface area (TPSA) is 72.9 Å². The minimum absolute atomic E-state index is 0.0282. The minimum Gasteiger partial charge on any atom is -0.347 e. The molecule has 0 unspecified atom stereocenters. The van der Waals surface area contributed by atoms with E-state index in [0.717, 1.165) is 42.8 Å². The number of nitrogens with one attached hydrogen (secondary N) is 1. The number of amides is 1. The van der Waals surface area contributed by atoms with Crippen molar-refractivity contribution in [2.45, 2.75) is 45.3 Å². The molecule has 1 atom stereocenters. The number of carbonyl (C=O) groups is 1. The molecule has 0 spiro atoms. The van der Waals surface area contributed by atoms with Gasteiger partial charge in [0.2, 0.25) is 0 Å². The van der Waals surface area contributed by atoms with Gasteiger partial charge in [0, 0.05) is 31.7 Å². The molecule has 0 aliphatic carbocycles. The number of benzene rings is 1. The highest BCUT2D eigenvalue weighted by Gasteiger charge is 2.16. The van der Waals surface area contributed by atoms with Crippen LogP contribution in [0.3, 0.4) is 0 Å². The summed E-state index contributed by atoms with van der Waals surface area (Å²) in [5.74, 6) is 0.913. The molecule has 2 heterocycles. The third-order valence-corrected chi connectivity index (χ3v) is 4.10. The molecule has 2 aromatic rings. The molecule has 1 aromatic heterocycles. The van der Waals surface area contributed by atoms with Crippen LogP contribution in [0.1, 0.15) is 53.2 Å². The molecule has 3 N–H and O–H groups in total. The van der Waals surface area contributed by atoms with Crippen molar-refractivity contribution in [1.29, 1.82) is 0 Å². The summed E-state index contributed by atoms with van der Waals surface area (Å²) in [4.78, 5) is 16.6. The molecule has 22 heavy (non-hydrogen) atoms. The van der Waals surface area contributed by atoms with Crippen molar-refractivity contribution in [3.8, 4) is 0 Å². The molecule has 1 aromatic carbocycles. The number of aryl methyl sites for hydroxylation is 2. The number of fused-ring (bicyclic) bond motifs is 1. The predicted molar refractivity (Wildman–Crippen MR) is 85.4 cm³/mol. The van der Waals surface area contributed by atoms with Gasteiger partial charge in [-0.05, 0) is 30.9 Å². The van der Waals surface area contributed by atoms with E-state index in [4.69, 9.17) is 5.73 Å². The number of carbonyl (C=O) groups excluding carboxylic acids is 1. The van der Waals surface area contributed by atoms with E-state index < -0.39 is 0 Å². The van der Waals surface area contributed by atoms with Crippen molar-refractivity contribution >= 4 is 5.91 Å². The summed E-state index contributed by atoms with van der Waals surface area (Å²) in [5.41, 5.74) is 8.50. The maximum absolute atomic E-state index is 12.2. The second kappa shape index (κ2) is 6.32. The van der Waals surface area contributed by atoms with Gasteiger partial charge in [0.1, 0.15) is 11.5 Å². The lowest BCUT2D eigenvalue weighted by Gasteiger charge is -2.11. The summed E-state index contributed by atoms with van der Waals surface area (Å²) in [6, 6.07) is 8.03. The van der Waals surface area contributed by atoms with Crippen molar-refractivity contribution in [2.75, 3.05) is 0 Å². The number of rotatable bonds is 4. The van der Waals surface area contributed by atoms with Crippen LogP contribution in [-0.4, -0.2) is 15.5 Å². The van der Waals surface area contributed by atoms with Crippen LogP contribution in [0, 0.1) is 0 Å². The highest BCUT2D eigenvalue weighted by molar-refractivity contribution is 5.92. The van der Waals surface area contributed by atoms with Gasteiger partial charge in [0.05, 0.1) is 0 Å². The van der Waals surface area contributed by atoms with Crippen LogP contribution in [0.25, 0.3) is 0 Å². The van der Waals surface area contributed by atoms with E-state index in [-0.39, 0.29) is 11.9 Å². The van der Waals surface area contributed by atoms with E-state index in [1.807, 2.05) is 37.4 Å². The molecule has 3 rings (SSSR count). The Kier molecular flexibility index (Phi) is 4.24. The van der Waals surface area contributed by atoms with E-state index in [1.165, 1.54) is 0 Å². The third kappa shape index (κ3) is 3.20. The van der Waals surface area contributed by atoms with Crippen LogP contribution in [-0.2, 0) is 19.5 Å². The van der Waals surface area contributed by atoms with Gasteiger partial charge in [-0.3, -0.25) is 4.79 Å². The Morgan fingerprint density at radius 3 is 2.82 bits per heavy atom. The van der Waals surface area contributed by atoms with Crippen LogP contribution in [0.2, 0.25) is 0 Å². The van der Waals surface area contributed by atoms with Crippen LogP contribution in [0.15, 0.2) is 30.5 Å². The minimum atomic E-state index is -0.113. The van der Waals surface area contributed by atoms with Gasteiger partial charge >= 0.3 is 0 Å². The molecule has 5 heteroatoms. The molecule has 116 valence electrons. The zero-order valence-electron chi connectivity index (χ0n) is 12.9. The zero-order chi connectivity index (χ0) is 15.5. The molecule has 0 saturated heterocycles. The summed E-state index contributed by atoms with van der Waals surface area (Å²) < 4.78 is 2.09. The van der Waals surface area contributed by atoms with Crippen LogP contribution in [0.5, 0.6) is 0 Å². The second-order valence-corrected chi connectivity index (χ2v) is 5.91. The van der Waals surface area contributed by atoms with Crippen molar-refractivity contribution in [2.24, 2.45) is 5.73 Å². The molecule has 5 nitrogen and oxygen atoms in total. The Bertz CT molecular complexity index is 634. The van der Waals surface area contributed by atoms with Crippen LogP contribution < -0.4 is 11.1 Å². The first-order valence-corrected chi connectivity index (χ1v) is 7.82. The Hall–Kier alpha value is -2.14. The summed E-state index contributed by atoms with van der Waals surface area (Å²) in [7, 11) is 0. The number of imidazole rings is 1. The highest BCUT2D eigenvalue weighted by atomic mass is 16.1. The summed E-state index contributed by atoms with van der Waals surface area (Å²) in [5, 5.41) is 2.93. The van der Waals surface area contributed by atoms with Gasteiger partial charge < -0.3 is 15.6 Å². The molecule has 1 aliphatic rings. The van der Waals surface area contributed by atoms with Crippen molar-refractivity contribution < 1.29 is 4.79 Å². The molecular formula is C17H22N4O. The van der Waals surface area contributed by atoms with Crippen LogP contribution in [0.4, 0.5) is 0 Å². The van der Waals surface area contributed by atoms with Gasteiger partial charge in [-0.2, -0.15) is 0 Å². The molecule has 0 saturated carbocycles. The van der Waals surface area contributed by atoms with Crippen molar-refractivity contribution in [3.05, 3.63) is 53.1 Å². The van der Waals surface area contributed by atoms with Crippen molar-refractivity contribution in [3.63, 3.8) is 0 Å². The molecule has 0 radical (unpaired) electrons. The van der Waals surface area contributed by atoms with Crippen molar-refractivity contribution in [1.82, 2.24) is 14.9 Å². The Morgan fingerprint density at radius 2 is 2.14 bits per heavy atom. The number of nitrogens with zero attached hydrogens (tertiary/aromatic N) is 2. The average molecular weight is 298 g/mol. The third-order valence-electron chi connectivity index (χ3n) is 4.10. The summed E-state index contributed by atoms with van der Waals surface area (Å²) in [6.45, 7) is 3.42. The Balaban J connectivity index is 1.61. The molecule has 1 amide bonds. The fraction of sp³-hybridized carbons (Fsp3) is 0.412.